The molecule has 0 aromatic heterocycles. The number of piperidine rings is 1. The lowest BCUT2D eigenvalue weighted by Gasteiger charge is -2.27. The standard InChI is InChI=1S/C19H18N4O4/c24-16-4-3-15(17(25)21-16)23-18(26)13-2-1-12(11-14(13)19(23)27)5-8-22-9-6-20-7-10-22/h1-2,11,15,20H,3-4,6-7,9-10H2,(H,21,24,25). The lowest BCUT2D eigenvalue weighted by atomic mass is 10.0. The number of fused-ring (bicyclic) bond motifs is 1. The quantitative estimate of drug-likeness (QED) is 0.504. The summed E-state index contributed by atoms with van der Waals surface area (Å²) in [6, 6.07) is 6.99. The average molecular weight is 366 g/mol. The Balaban J connectivity index is 1.57. The molecule has 138 valence electrons. The molecule has 4 amide bonds. The zero-order valence-electron chi connectivity index (χ0n) is 14.6. The van der Waals surface area contributed by atoms with Gasteiger partial charge in [-0.25, -0.2) is 0 Å². The van der Waals surface area contributed by atoms with E-state index in [1.807, 2.05) is 4.90 Å². The summed E-state index contributed by atoms with van der Waals surface area (Å²) < 4.78 is 0. The molecule has 1 aromatic rings. The summed E-state index contributed by atoms with van der Waals surface area (Å²) in [5.41, 5.74) is 1.15. The van der Waals surface area contributed by atoms with E-state index in [4.69, 9.17) is 0 Å². The number of rotatable bonds is 1. The van der Waals surface area contributed by atoms with E-state index >= 15 is 0 Å². The number of nitrogens with one attached hydrogen (secondary N) is 2. The van der Waals surface area contributed by atoms with E-state index in [9.17, 15) is 19.2 Å². The molecule has 3 heterocycles. The third-order valence-corrected chi connectivity index (χ3v) is 4.92. The number of carbonyl (C=O) groups is 4. The molecule has 0 radical (unpaired) electrons. The number of amides is 4. The molecule has 3 aliphatic heterocycles. The summed E-state index contributed by atoms with van der Waals surface area (Å²) in [4.78, 5) is 51.8. The van der Waals surface area contributed by atoms with Gasteiger partial charge in [-0.1, -0.05) is 0 Å². The van der Waals surface area contributed by atoms with Gasteiger partial charge in [-0.2, -0.15) is 0 Å². The van der Waals surface area contributed by atoms with Gasteiger partial charge in [0.15, 0.2) is 0 Å². The highest BCUT2D eigenvalue weighted by atomic mass is 16.2. The molecule has 8 heteroatoms. The number of carbonyl (C=O) groups excluding carboxylic acids is 4. The van der Waals surface area contributed by atoms with Gasteiger partial charge in [-0.05, 0) is 30.5 Å². The molecule has 2 fully saturated rings. The van der Waals surface area contributed by atoms with Crippen LogP contribution in [0.4, 0.5) is 0 Å². The molecule has 2 N–H and O–H groups in total. The predicted molar refractivity (Wildman–Crippen MR) is 94.4 cm³/mol. The Hall–Kier alpha value is -3.18. The van der Waals surface area contributed by atoms with Gasteiger partial charge in [0, 0.05) is 44.2 Å². The van der Waals surface area contributed by atoms with E-state index in [1.54, 1.807) is 18.2 Å². The smallest absolute Gasteiger partial charge is 0.262 e. The van der Waals surface area contributed by atoms with Gasteiger partial charge in [0.1, 0.15) is 6.04 Å². The van der Waals surface area contributed by atoms with E-state index in [-0.39, 0.29) is 24.0 Å². The van der Waals surface area contributed by atoms with E-state index in [2.05, 4.69) is 22.6 Å². The van der Waals surface area contributed by atoms with Gasteiger partial charge in [-0.3, -0.25) is 29.4 Å². The van der Waals surface area contributed by atoms with Crippen molar-refractivity contribution >= 4 is 23.6 Å². The fraction of sp³-hybridized carbons (Fsp3) is 0.368. The Morgan fingerprint density at radius 2 is 1.74 bits per heavy atom. The van der Waals surface area contributed by atoms with Crippen molar-refractivity contribution in [1.82, 2.24) is 20.4 Å². The number of hydrogen-bond donors (Lipinski definition) is 2. The van der Waals surface area contributed by atoms with Crippen LogP contribution in [0.5, 0.6) is 0 Å². The van der Waals surface area contributed by atoms with Crippen LogP contribution in [0.15, 0.2) is 18.2 Å². The molecule has 0 spiro atoms. The fourth-order valence-electron chi connectivity index (χ4n) is 3.47. The second kappa shape index (κ2) is 6.85. The highest BCUT2D eigenvalue weighted by Crippen LogP contribution is 2.28. The molecule has 1 aromatic carbocycles. The molecule has 2 saturated heterocycles. The second-order valence-electron chi connectivity index (χ2n) is 6.68. The second-order valence-corrected chi connectivity index (χ2v) is 6.68. The summed E-state index contributed by atoms with van der Waals surface area (Å²) in [6.07, 6.45) is 0.247. The van der Waals surface area contributed by atoms with Gasteiger partial charge < -0.3 is 10.2 Å². The van der Waals surface area contributed by atoms with Crippen LogP contribution in [0, 0.1) is 12.0 Å². The number of imide groups is 2. The van der Waals surface area contributed by atoms with Crippen molar-refractivity contribution in [2.75, 3.05) is 26.2 Å². The number of nitrogens with zero attached hydrogens (tertiary/aromatic N) is 2. The minimum atomic E-state index is -0.953. The maximum Gasteiger partial charge on any atom is 0.262 e. The Bertz CT molecular complexity index is 908. The monoisotopic (exact) mass is 366 g/mol. The summed E-state index contributed by atoms with van der Waals surface area (Å²) in [5, 5.41) is 5.43. The Morgan fingerprint density at radius 3 is 2.48 bits per heavy atom. The first-order chi connectivity index (χ1) is 13.0. The number of piperazine rings is 1. The van der Waals surface area contributed by atoms with Crippen molar-refractivity contribution in [3.63, 3.8) is 0 Å². The highest BCUT2D eigenvalue weighted by molar-refractivity contribution is 6.23. The molecule has 0 aliphatic carbocycles. The normalized spacial score (nSPS) is 22.3. The van der Waals surface area contributed by atoms with Crippen LogP contribution < -0.4 is 10.6 Å². The zero-order valence-corrected chi connectivity index (χ0v) is 14.6. The first-order valence-electron chi connectivity index (χ1n) is 8.87. The van der Waals surface area contributed by atoms with E-state index in [0.29, 0.717) is 5.56 Å². The summed E-state index contributed by atoms with van der Waals surface area (Å²) in [7, 11) is 0. The molecular formula is C19H18N4O4. The average Bonchev–Trinajstić information content (AvgIpc) is 2.92. The van der Waals surface area contributed by atoms with Crippen LogP contribution in [-0.4, -0.2) is 65.6 Å². The molecule has 0 saturated carbocycles. The fourth-order valence-corrected chi connectivity index (χ4v) is 3.47. The third-order valence-electron chi connectivity index (χ3n) is 4.92. The van der Waals surface area contributed by atoms with Gasteiger partial charge in [0.2, 0.25) is 11.8 Å². The summed E-state index contributed by atoms with van der Waals surface area (Å²) in [6.45, 7) is 3.43. The maximum atomic E-state index is 12.8. The molecule has 8 nitrogen and oxygen atoms in total. The Labute approximate surface area is 155 Å². The first kappa shape index (κ1) is 17.2. The molecule has 27 heavy (non-hydrogen) atoms. The van der Waals surface area contributed by atoms with Crippen LogP contribution in [0.25, 0.3) is 0 Å². The molecule has 1 unspecified atom stereocenters. The molecule has 4 rings (SSSR count). The van der Waals surface area contributed by atoms with Crippen molar-refractivity contribution in [3.05, 3.63) is 34.9 Å². The van der Waals surface area contributed by atoms with Crippen LogP contribution in [0.1, 0.15) is 39.1 Å². The van der Waals surface area contributed by atoms with Crippen molar-refractivity contribution in [2.45, 2.75) is 18.9 Å². The van der Waals surface area contributed by atoms with Crippen molar-refractivity contribution in [2.24, 2.45) is 0 Å². The predicted octanol–water partition coefficient (Wildman–Crippen LogP) is -0.698. The van der Waals surface area contributed by atoms with Gasteiger partial charge in [-0.15, -0.1) is 0 Å². The topological polar surface area (TPSA) is 98.8 Å². The zero-order chi connectivity index (χ0) is 19.0. The van der Waals surface area contributed by atoms with E-state index in [1.165, 1.54) is 0 Å². The lowest BCUT2D eigenvalue weighted by Crippen LogP contribution is -2.54. The molecule has 3 aliphatic rings. The van der Waals surface area contributed by atoms with Crippen molar-refractivity contribution in [3.8, 4) is 12.0 Å². The van der Waals surface area contributed by atoms with Crippen molar-refractivity contribution < 1.29 is 19.2 Å². The first-order valence-corrected chi connectivity index (χ1v) is 8.87. The minimum Gasteiger partial charge on any atom is -0.330 e. The van der Waals surface area contributed by atoms with E-state index < -0.39 is 29.7 Å². The van der Waals surface area contributed by atoms with Crippen LogP contribution >= 0.6 is 0 Å². The molecule has 0 bridgehead atoms. The Morgan fingerprint density at radius 1 is 1.00 bits per heavy atom. The SMILES string of the molecule is O=C1CCC(N2C(=O)c3ccc(C#CN4CCNCC4)cc3C2=O)C(=O)N1. The number of benzene rings is 1. The van der Waals surface area contributed by atoms with Crippen LogP contribution in [-0.2, 0) is 9.59 Å². The lowest BCUT2D eigenvalue weighted by molar-refractivity contribution is -0.136. The van der Waals surface area contributed by atoms with Gasteiger partial charge in [0.05, 0.1) is 11.1 Å². The minimum absolute atomic E-state index is 0.102. The summed E-state index contributed by atoms with van der Waals surface area (Å²) in [5.74, 6) is 1.00. The largest absolute Gasteiger partial charge is 0.330 e. The van der Waals surface area contributed by atoms with E-state index in [0.717, 1.165) is 31.1 Å². The van der Waals surface area contributed by atoms with Crippen molar-refractivity contribution in [1.29, 1.82) is 0 Å². The highest BCUT2D eigenvalue weighted by Gasteiger charge is 2.44. The Kier molecular flexibility index (Phi) is 4.38. The van der Waals surface area contributed by atoms with Crippen LogP contribution in [0.2, 0.25) is 0 Å². The van der Waals surface area contributed by atoms with Crippen LogP contribution in [0.3, 0.4) is 0 Å². The molecule has 1 atom stereocenters. The van der Waals surface area contributed by atoms with Gasteiger partial charge >= 0.3 is 0 Å². The maximum absolute atomic E-state index is 12.8. The molecular weight excluding hydrogens is 348 g/mol. The summed E-state index contributed by atoms with van der Waals surface area (Å²) >= 11 is 0. The van der Waals surface area contributed by atoms with Gasteiger partial charge in [0.25, 0.3) is 11.8 Å². The number of hydrogen-bond acceptors (Lipinski definition) is 6. The third kappa shape index (κ3) is 3.17.